The topological polar surface area (TPSA) is 89.6 Å². The van der Waals surface area contributed by atoms with Gasteiger partial charge in [-0.15, -0.1) is 11.3 Å². The quantitative estimate of drug-likeness (QED) is 0.249. The molecule has 0 saturated heterocycles. The highest BCUT2D eigenvalue weighted by molar-refractivity contribution is 7.21. The number of ether oxygens (including phenoxy) is 1. The van der Waals surface area contributed by atoms with Crippen LogP contribution in [0.15, 0.2) is 77.4 Å². The first-order chi connectivity index (χ1) is 16.0. The molecule has 2 aromatic heterocycles. The van der Waals surface area contributed by atoms with Crippen LogP contribution in [0.2, 0.25) is 0 Å². The molecule has 33 heavy (non-hydrogen) atoms. The highest BCUT2D eigenvalue weighted by atomic mass is 32.1. The average molecular weight is 455 g/mol. The summed E-state index contributed by atoms with van der Waals surface area (Å²) in [5.74, 6) is 0.488. The summed E-state index contributed by atoms with van der Waals surface area (Å²) in [6, 6.07) is 20.1. The number of hydrogen-bond acceptors (Lipinski definition) is 7. The van der Waals surface area contributed by atoms with Gasteiger partial charge in [0.1, 0.15) is 5.75 Å². The van der Waals surface area contributed by atoms with Crippen LogP contribution in [0.25, 0.3) is 32.7 Å². The number of ketones is 1. The summed E-state index contributed by atoms with van der Waals surface area (Å²) in [6.07, 6.45) is 1.26. The number of thiophene rings is 1. The van der Waals surface area contributed by atoms with Crippen molar-refractivity contribution in [3.63, 3.8) is 0 Å². The van der Waals surface area contributed by atoms with Crippen molar-refractivity contribution in [3.8, 4) is 34.2 Å². The van der Waals surface area contributed by atoms with Crippen LogP contribution in [-0.4, -0.2) is 22.3 Å². The Morgan fingerprint density at radius 3 is 2.58 bits per heavy atom. The third-order valence-electron chi connectivity index (χ3n) is 5.34. The number of phenols is 1. The minimum Gasteiger partial charge on any atom is -0.508 e. The van der Waals surface area contributed by atoms with Crippen LogP contribution in [-0.2, 0) is 4.79 Å². The molecule has 6 nitrogen and oxygen atoms in total. The van der Waals surface area contributed by atoms with E-state index < -0.39 is 0 Å². The van der Waals surface area contributed by atoms with Crippen molar-refractivity contribution in [1.82, 2.24) is 4.98 Å². The molecule has 0 atom stereocenters. The Hall–Kier alpha value is -4.23. The number of carbonyl (C=O) groups is 2. The summed E-state index contributed by atoms with van der Waals surface area (Å²) in [4.78, 5) is 28.8. The lowest BCUT2D eigenvalue weighted by atomic mass is 9.96. The lowest BCUT2D eigenvalue weighted by molar-refractivity contribution is -0.120. The number of aromatic nitrogens is 1. The second-order valence-corrected chi connectivity index (χ2v) is 8.47. The van der Waals surface area contributed by atoms with E-state index in [1.54, 1.807) is 12.1 Å². The Morgan fingerprint density at radius 1 is 1.06 bits per heavy atom. The van der Waals surface area contributed by atoms with Crippen LogP contribution < -0.4 is 4.74 Å². The molecular weight excluding hydrogens is 438 g/mol. The molecule has 162 valence electrons. The Labute approximate surface area is 192 Å². The van der Waals surface area contributed by atoms with Crippen molar-refractivity contribution < 1.29 is 23.8 Å². The third-order valence-corrected chi connectivity index (χ3v) is 6.49. The Balaban J connectivity index is 1.62. The Morgan fingerprint density at radius 2 is 1.82 bits per heavy atom. The van der Waals surface area contributed by atoms with Crippen molar-refractivity contribution >= 4 is 33.7 Å². The van der Waals surface area contributed by atoms with E-state index in [2.05, 4.69) is 4.98 Å². The molecule has 7 heteroatoms. The molecule has 5 rings (SSSR count). The Bertz CT molecular complexity index is 1500. The maximum Gasteiger partial charge on any atom is 0.299 e. The van der Waals surface area contributed by atoms with Gasteiger partial charge in [-0.1, -0.05) is 36.4 Å². The van der Waals surface area contributed by atoms with Crippen LogP contribution in [0, 0.1) is 6.92 Å². The van der Waals surface area contributed by atoms with Gasteiger partial charge in [0.05, 0.1) is 4.88 Å². The fraction of sp³-hybridized carbons (Fsp3) is 0.0385. The maximum atomic E-state index is 13.5. The minimum absolute atomic E-state index is 0.0591. The van der Waals surface area contributed by atoms with E-state index >= 15 is 0 Å². The van der Waals surface area contributed by atoms with E-state index in [0.717, 1.165) is 26.8 Å². The maximum absolute atomic E-state index is 13.5. The molecule has 5 aromatic rings. The summed E-state index contributed by atoms with van der Waals surface area (Å²) in [7, 11) is 0. The fourth-order valence-corrected chi connectivity index (χ4v) is 4.97. The third kappa shape index (κ3) is 3.79. The fourth-order valence-electron chi connectivity index (χ4n) is 3.76. The first kappa shape index (κ1) is 20.7. The number of nitrogens with zero attached hydrogens (tertiary/aromatic N) is 1. The summed E-state index contributed by atoms with van der Waals surface area (Å²) in [5.41, 5.74) is 3.91. The summed E-state index contributed by atoms with van der Waals surface area (Å²) >= 11 is 1.36. The standard InChI is InChI=1S/C26H17NO5S/c1-15-4-2-3-5-19(15)24(30)25-23(20-11-10-18(29)12-21(20)33-25)16-6-8-17(9-7-16)26-27-22(13-31-26)32-14-28/h2-14,29H,1H3. The van der Waals surface area contributed by atoms with Gasteiger partial charge in [0.15, 0.2) is 6.26 Å². The molecule has 0 aliphatic carbocycles. The van der Waals surface area contributed by atoms with E-state index in [1.165, 1.54) is 17.6 Å². The van der Waals surface area contributed by atoms with Crippen molar-refractivity contribution in [3.05, 3.63) is 89.0 Å². The zero-order valence-corrected chi connectivity index (χ0v) is 18.3. The molecule has 0 unspecified atom stereocenters. The van der Waals surface area contributed by atoms with E-state index in [4.69, 9.17) is 9.15 Å². The second-order valence-electron chi connectivity index (χ2n) is 7.41. The number of fused-ring (bicyclic) bond motifs is 1. The molecule has 0 aliphatic heterocycles. The van der Waals surface area contributed by atoms with E-state index in [-0.39, 0.29) is 23.9 Å². The molecule has 0 bridgehead atoms. The number of rotatable bonds is 6. The highest BCUT2D eigenvalue weighted by Gasteiger charge is 2.22. The lowest BCUT2D eigenvalue weighted by Crippen LogP contribution is -2.02. The van der Waals surface area contributed by atoms with Crippen LogP contribution >= 0.6 is 11.3 Å². The smallest absolute Gasteiger partial charge is 0.299 e. The SMILES string of the molecule is Cc1ccccc1C(=O)c1sc2cc(O)ccc2c1-c1ccc(-c2nc(OC=O)co2)cc1. The highest BCUT2D eigenvalue weighted by Crippen LogP contribution is 2.42. The monoisotopic (exact) mass is 455 g/mol. The predicted molar refractivity (Wildman–Crippen MR) is 126 cm³/mol. The largest absolute Gasteiger partial charge is 0.508 e. The molecule has 0 saturated carbocycles. The number of aromatic hydroxyl groups is 1. The normalized spacial score (nSPS) is 10.9. The molecular formula is C26H17NO5S. The second kappa shape index (κ2) is 8.37. The average Bonchev–Trinajstić information content (AvgIpc) is 3.44. The first-order valence-corrected chi connectivity index (χ1v) is 10.9. The number of hydrogen-bond donors (Lipinski definition) is 1. The molecule has 0 spiro atoms. The van der Waals surface area contributed by atoms with Crippen molar-refractivity contribution in [2.45, 2.75) is 6.92 Å². The predicted octanol–water partition coefficient (Wildman–Crippen LogP) is 6.00. The van der Waals surface area contributed by atoms with Crippen molar-refractivity contribution in [2.24, 2.45) is 0 Å². The molecule has 3 aromatic carbocycles. The first-order valence-electron chi connectivity index (χ1n) is 10.1. The number of oxazole rings is 1. The van der Waals surface area contributed by atoms with Crippen molar-refractivity contribution in [2.75, 3.05) is 0 Å². The number of phenolic OH excluding ortho intramolecular Hbond substituents is 1. The number of benzene rings is 3. The van der Waals surface area contributed by atoms with Gasteiger partial charge < -0.3 is 14.3 Å². The van der Waals surface area contributed by atoms with Gasteiger partial charge in [-0.3, -0.25) is 9.59 Å². The van der Waals surface area contributed by atoms with Gasteiger partial charge in [0.25, 0.3) is 12.4 Å². The minimum atomic E-state index is -0.0591. The summed E-state index contributed by atoms with van der Waals surface area (Å²) in [6.45, 7) is 2.21. The molecule has 0 fully saturated rings. The van der Waals surface area contributed by atoms with Gasteiger partial charge in [0.2, 0.25) is 11.7 Å². The number of aryl methyl sites for hydroxylation is 1. The zero-order valence-electron chi connectivity index (χ0n) is 17.4. The summed E-state index contributed by atoms with van der Waals surface area (Å²) in [5, 5.41) is 10.9. The van der Waals surface area contributed by atoms with Gasteiger partial charge in [-0.05, 0) is 48.4 Å². The van der Waals surface area contributed by atoms with Crippen LogP contribution in [0.3, 0.4) is 0 Å². The van der Waals surface area contributed by atoms with Gasteiger partial charge in [0, 0.05) is 26.8 Å². The molecule has 0 aliphatic rings. The van der Waals surface area contributed by atoms with Crippen LogP contribution in [0.4, 0.5) is 0 Å². The molecule has 2 heterocycles. The molecule has 0 radical (unpaired) electrons. The van der Waals surface area contributed by atoms with Gasteiger partial charge >= 0.3 is 0 Å². The van der Waals surface area contributed by atoms with Crippen LogP contribution in [0.1, 0.15) is 20.8 Å². The van der Waals surface area contributed by atoms with E-state index in [9.17, 15) is 14.7 Å². The number of carbonyl (C=O) groups excluding carboxylic acids is 2. The van der Waals surface area contributed by atoms with Crippen molar-refractivity contribution in [1.29, 1.82) is 0 Å². The molecule has 1 N–H and O–H groups in total. The van der Waals surface area contributed by atoms with E-state index in [1.807, 2.05) is 61.5 Å². The summed E-state index contributed by atoms with van der Waals surface area (Å²) < 4.78 is 10.9. The van der Waals surface area contributed by atoms with E-state index in [0.29, 0.717) is 21.9 Å². The zero-order chi connectivity index (χ0) is 22.9. The van der Waals surface area contributed by atoms with Gasteiger partial charge in [-0.25, -0.2) is 0 Å². The Kier molecular flexibility index (Phi) is 5.24. The van der Waals surface area contributed by atoms with Crippen LogP contribution in [0.5, 0.6) is 11.6 Å². The lowest BCUT2D eigenvalue weighted by Gasteiger charge is -2.08. The van der Waals surface area contributed by atoms with Gasteiger partial charge in [-0.2, -0.15) is 4.98 Å². The molecule has 0 amide bonds.